The van der Waals surface area contributed by atoms with Gasteiger partial charge in [0.05, 0.1) is 18.9 Å². The van der Waals surface area contributed by atoms with Crippen molar-refractivity contribution in [1.29, 1.82) is 0 Å². The maximum Gasteiger partial charge on any atom is 0.244 e. The molecule has 1 amide bonds. The Hall–Kier alpha value is -1.11. The van der Waals surface area contributed by atoms with E-state index in [0.29, 0.717) is 38.8 Å². The number of piperidine rings is 1. The van der Waals surface area contributed by atoms with Crippen LogP contribution in [-0.2, 0) is 16.1 Å². The second kappa shape index (κ2) is 7.77. The van der Waals surface area contributed by atoms with Crippen molar-refractivity contribution >= 4 is 18.3 Å². The van der Waals surface area contributed by atoms with Gasteiger partial charge in [0, 0.05) is 31.7 Å². The van der Waals surface area contributed by atoms with Gasteiger partial charge in [0.15, 0.2) is 0 Å². The van der Waals surface area contributed by atoms with E-state index in [0.717, 1.165) is 18.8 Å². The third-order valence-corrected chi connectivity index (χ3v) is 4.04. The molecule has 1 N–H and O–H groups in total. The Morgan fingerprint density at radius 1 is 1.43 bits per heavy atom. The molecule has 0 aromatic carbocycles. The Bertz CT molecular complexity index is 454. The molecule has 2 aliphatic heterocycles. The van der Waals surface area contributed by atoms with Gasteiger partial charge in [-0.1, -0.05) is 0 Å². The molecule has 0 radical (unpaired) electrons. The zero-order chi connectivity index (χ0) is 13.8. The Labute approximate surface area is 131 Å². The number of hydrogen-bond donors (Lipinski definition) is 1. The summed E-state index contributed by atoms with van der Waals surface area (Å²) >= 11 is 0. The third-order valence-electron chi connectivity index (χ3n) is 4.04. The van der Waals surface area contributed by atoms with Crippen LogP contribution in [0.5, 0.6) is 0 Å². The molecule has 118 valence electrons. The molecule has 6 nitrogen and oxygen atoms in total. The second-order valence-corrected chi connectivity index (χ2v) is 5.47. The first-order chi connectivity index (χ1) is 9.83. The van der Waals surface area contributed by atoms with Crippen LogP contribution in [0.1, 0.15) is 24.5 Å². The van der Waals surface area contributed by atoms with E-state index >= 15 is 0 Å². The van der Waals surface area contributed by atoms with Crippen molar-refractivity contribution in [2.24, 2.45) is 0 Å². The van der Waals surface area contributed by atoms with Crippen LogP contribution in [0, 0.1) is 0 Å². The Kier molecular flexibility index (Phi) is 6.02. The topological polar surface area (TPSA) is 59.4 Å². The number of hydrogen-bond acceptors (Lipinski definition) is 4. The van der Waals surface area contributed by atoms with Crippen LogP contribution >= 0.6 is 12.4 Å². The number of carbonyl (C=O) groups excluding carboxylic acids is 1. The Balaban J connectivity index is 0.00000161. The molecular formula is C14H23ClN4O2. The van der Waals surface area contributed by atoms with Crippen molar-refractivity contribution in [2.45, 2.75) is 25.3 Å². The van der Waals surface area contributed by atoms with Crippen LogP contribution in [0.2, 0.25) is 0 Å². The molecule has 0 bridgehead atoms. The normalized spacial score (nSPS) is 22.7. The van der Waals surface area contributed by atoms with Crippen LogP contribution in [0.15, 0.2) is 12.3 Å². The number of ether oxygens (including phenoxy) is 1. The van der Waals surface area contributed by atoms with Crippen molar-refractivity contribution in [3.63, 3.8) is 0 Å². The highest BCUT2D eigenvalue weighted by Crippen LogP contribution is 2.21. The number of carbonyl (C=O) groups is 1. The first-order valence-corrected chi connectivity index (χ1v) is 7.42. The van der Waals surface area contributed by atoms with Gasteiger partial charge in [0.2, 0.25) is 5.91 Å². The SMILES string of the molecule is Cl.O=C(Cn1ccc(C2CCCNC2)n1)N1CCOCC1. The maximum atomic E-state index is 12.2. The van der Waals surface area contributed by atoms with Gasteiger partial charge < -0.3 is 15.0 Å². The first-order valence-electron chi connectivity index (χ1n) is 7.42. The van der Waals surface area contributed by atoms with Crippen molar-refractivity contribution in [3.8, 4) is 0 Å². The van der Waals surface area contributed by atoms with Crippen LogP contribution < -0.4 is 5.32 Å². The lowest BCUT2D eigenvalue weighted by Gasteiger charge is -2.26. The molecule has 0 aliphatic carbocycles. The highest BCUT2D eigenvalue weighted by molar-refractivity contribution is 5.85. The van der Waals surface area contributed by atoms with Crippen LogP contribution in [0.25, 0.3) is 0 Å². The fourth-order valence-electron chi connectivity index (χ4n) is 2.84. The summed E-state index contributed by atoms with van der Waals surface area (Å²) in [5, 5.41) is 7.96. The van der Waals surface area contributed by atoms with Crippen molar-refractivity contribution in [1.82, 2.24) is 20.0 Å². The summed E-state index contributed by atoms with van der Waals surface area (Å²) in [7, 11) is 0. The van der Waals surface area contributed by atoms with E-state index in [1.807, 2.05) is 17.2 Å². The molecule has 0 saturated carbocycles. The number of amides is 1. The van der Waals surface area contributed by atoms with E-state index in [9.17, 15) is 4.79 Å². The number of nitrogens with zero attached hydrogens (tertiary/aromatic N) is 3. The second-order valence-electron chi connectivity index (χ2n) is 5.47. The summed E-state index contributed by atoms with van der Waals surface area (Å²) in [4.78, 5) is 14.0. The van der Waals surface area contributed by atoms with Gasteiger partial charge in [0.25, 0.3) is 0 Å². The highest BCUT2D eigenvalue weighted by atomic mass is 35.5. The fourth-order valence-corrected chi connectivity index (χ4v) is 2.84. The van der Waals surface area contributed by atoms with Crippen molar-refractivity contribution in [3.05, 3.63) is 18.0 Å². The minimum atomic E-state index is 0. The number of nitrogens with one attached hydrogen (secondary N) is 1. The lowest BCUT2D eigenvalue weighted by molar-refractivity contribution is -0.136. The predicted molar refractivity (Wildman–Crippen MR) is 81.7 cm³/mol. The molecule has 1 aromatic heterocycles. The molecule has 21 heavy (non-hydrogen) atoms. The third kappa shape index (κ3) is 4.18. The fraction of sp³-hybridized carbons (Fsp3) is 0.714. The predicted octanol–water partition coefficient (Wildman–Crippen LogP) is 0.631. The van der Waals surface area contributed by atoms with E-state index in [-0.39, 0.29) is 18.3 Å². The average molecular weight is 315 g/mol. The quantitative estimate of drug-likeness (QED) is 0.889. The maximum absolute atomic E-state index is 12.2. The molecule has 2 fully saturated rings. The zero-order valence-electron chi connectivity index (χ0n) is 12.2. The lowest BCUT2D eigenvalue weighted by Crippen LogP contribution is -2.42. The summed E-state index contributed by atoms with van der Waals surface area (Å²) in [6, 6.07) is 2.05. The van der Waals surface area contributed by atoms with Gasteiger partial charge in [-0.2, -0.15) is 5.10 Å². The largest absolute Gasteiger partial charge is 0.378 e. The lowest BCUT2D eigenvalue weighted by atomic mass is 9.97. The van der Waals surface area contributed by atoms with E-state index in [1.54, 1.807) is 4.68 Å². The number of aromatic nitrogens is 2. The van der Waals surface area contributed by atoms with Gasteiger partial charge in [-0.25, -0.2) is 0 Å². The average Bonchev–Trinajstić information content (AvgIpc) is 2.97. The first kappa shape index (κ1) is 16.3. The van der Waals surface area contributed by atoms with E-state index < -0.39 is 0 Å². The molecule has 3 rings (SSSR count). The van der Waals surface area contributed by atoms with Crippen molar-refractivity contribution in [2.75, 3.05) is 39.4 Å². The Morgan fingerprint density at radius 2 is 2.24 bits per heavy atom. The minimum Gasteiger partial charge on any atom is -0.378 e. The summed E-state index contributed by atoms with van der Waals surface area (Å²) in [5.74, 6) is 0.619. The zero-order valence-corrected chi connectivity index (χ0v) is 13.0. The monoisotopic (exact) mass is 314 g/mol. The van der Waals surface area contributed by atoms with Gasteiger partial charge >= 0.3 is 0 Å². The molecule has 2 saturated heterocycles. The van der Waals surface area contributed by atoms with E-state index in [1.165, 1.54) is 12.8 Å². The molecule has 0 spiro atoms. The van der Waals surface area contributed by atoms with Crippen LogP contribution in [-0.4, -0.2) is 60.0 Å². The molecule has 7 heteroatoms. The smallest absolute Gasteiger partial charge is 0.244 e. The summed E-state index contributed by atoms with van der Waals surface area (Å²) in [6.07, 6.45) is 4.30. The van der Waals surface area contributed by atoms with Gasteiger partial charge in [-0.05, 0) is 25.5 Å². The Morgan fingerprint density at radius 3 is 2.95 bits per heavy atom. The molecule has 3 heterocycles. The molecular weight excluding hydrogens is 292 g/mol. The standard InChI is InChI=1S/C14H22N4O2.ClH/c19-14(17-6-8-20-9-7-17)11-18-5-3-13(16-18)12-2-1-4-15-10-12;/h3,5,12,15H,1-2,4,6-11H2;1H. The number of rotatable bonds is 3. The van der Waals surface area contributed by atoms with Crippen LogP contribution in [0.3, 0.4) is 0 Å². The highest BCUT2D eigenvalue weighted by Gasteiger charge is 2.20. The van der Waals surface area contributed by atoms with Crippen molar-refractivity contribution < 1.29 is 9.53 Å². The molecule has 1 aromatic rings. The van der Waals surface area contributed by atoms with Gasteiger partial charge in [-0.15, -0.1) is 12.4 Å². The summed E-state index contributed by atoms with van der Waals surface area (Å²) in [6.45, 7) is 5.11. The summed E-state index contributed by atoms with van der Waals surface area (Å²) in [5.41, 5.74) is 1.10. The van der Waals surface area contributed by atoms with Crippen LogP contribution in [0.4, 0.5) is 0 Å². The van der Waals surface area contributed by atoms with Gasteiger partial charge in [-0.3, -0.25) is 9.48 Å². The number of morpholine rings is 1. The summed E-state index contributed by atoms with van der Waals surface area (Å²) < 4.78 is 7.03. The molecule has 1 unspecified atom stereocenters. The minimum absolute atomic E-state index is 0. The number of halogens is 1. The molecule has 1 atom stereocenters. The van der Waals surface area contributed by atoms with Gasteiger partial charge in [0.1, 0.15) is 6.54 Å². The van der Waals surface area contributed by atoms with E-state index in [4.69, 9.17) is 4.74 Å². The molecule has 2 aliphatic rings. The van der Waals surface area contributed by atoms with E-state index in [2.05, 4.69) is 10.4 Å².